The van der Waals surface area contributed by atoms with Crippen molar-refractivity contribution in [3.05, 3.63) is 72.6 Å². The summed E-state index contributed by atoms with van der Waals surface area (Å²) in [4.78, 5) is 12.1. The molecule has 2 aromatic heterocycles. The van der Waals surface area contributed by atoms with Crippen molar-refractivity contribution >= 4 is 33.2 Å². The fourth-order valence-electron chi connectivity index (χ4n) is 2.93. The monoisotopic (exact) mass is 454 g/mol. The molecule has 2 heterocycles. The van der Waals surface area contributed by atoms with Gasteiger partial charge in [-0.3, -0.25) is 0 Å². The molecule has 32 heavy (non-hydrogen) atoms. The molecule has 11 heteroatoms. The average molecular weight is 454 g/mol. The van der Waals surface area contributed by atoms with Gasteiger partial charge in [0.25, 0.3) is 0 Å². The Morgan fingerprint density at radius 2 is 1.75 bits per heavy atom. The largest absolute Gasteiger partial charge is 0.444 e. The van der Waals surface area contributed by atoms with Gasteiger partial charge < -0.3 is 15.1 Å². The summed E-state index contributed by atoms with van der Waals surface area (Å²) in [6.07, 6.45) is 3.97. The first kappa shape index (κ1) is 21.4. The first-order valence-corrected chi connectivity index (χ1v) is 10.9. The van der Waals surface area contributed by atoms with E-state index in [1.807, 2.05) is 0 Å². The van der Waals surface area contributed by atoms with E-state index in [0.29, 0.717) is 22.7 Å². The van der Waals surface area contributed by atoms with E-state index < -0.39 is 15.8 Å². The Balaban J connectivity index is 1.55. The van der Waals surface area contributed by atoms with Crippen LogP contribution in [-0.4, -0.2) is 30.4 Å². The van der Waals surface area contributed by atoms with Crippen molar-refractivity contribution in [1.82, 2.24) is 19.7 Å². The van der Waals surface area contributed by atoms with E-state index in [1.54, 1.807) is 49.5 Å². The molecule has 0 spiro atoms. The zero-order valence-corrected chi connectivity index (χ0v) is 17.9. The number of aryl methyl sites for hydroxylation is 1. The van der Waals surface area contributed by atoms with Crippen LogP contribution >= 0.6 is 0 Å². The van der Waals surface area contributed by atoms with E-state index in [0.717, 1.165) is 11.8 Å². The van der Waals surface area contributed by atoms with Crippen LogP contribution in [0.4, 0.5) is 27.5 Å². The molecule has 0 atom stereocenters. The standard InChI is InChI=1S/C21H19FN6O3S/c1-13-3-6-16(9-19(13)32(29,30)23-2)27-21-25-10-17(22)20(28-21)26-15-7-4-14(5-8-15)18-11-24-12-31-18/h3-12,23H,1-2H3,(H2,25,26,27,28). The summed E-state index contributed by atoms with van der Waals surface area (Å²) in [5.74, 6) is 0.0418. The number of halogens is 1. The summed E-state index contributed by atoms with van der Waals surface area (Å²) in [6.45, 7) is 1.69. The lowest BCUT2D eigenvalue weighted by molar-refractivity contribution is 0.572. The van der Waals surface area contributed by atoms with Crippen molar-refractivity contribution in [3.8, 4) is 11.3 Å². The zero-order chi connectivity index (χ0) is 22.7. The molecular weight excluding hydrogens is 435 g/mol. The Bertz CT molecular complexity index is 1340. The van der Waals surface area contributed by atoms with Gasteiger partial charge in [-0.15, -0.1) is 0 Å². The maximum atomic E-state index is 14.3. The second-order valence-corrected chi connectivity index (χ2v) is 8.63. The van der Waals surface area contributed by atoms with Gasteiger partial charge in [0, 0.05) is 16.9 Å². The van der Waals surface area contributed by atoms with Gasteiger partial charge >= 0.3 is 0 Å². The number of hydrogen-bond donors (Lipinski definition) is 3. The SMILES string of the molecule is CNS(=O)(=O)c1cc(Nc2ncc(F)c(Nc3ccc(-c4cnco4)cc3)n2)ccc1C. The van der Waals surface area contributed by atoms with E-state index in [-0.39, 0.29) is 16.7 Å². The number of sulfonamides is 1. The van der Waals surface area contributed by atoms with Crippen LogP contribution in [-0.2, 0) is 10.0 Å². The summed E-state index contributed by atoms with van der Waals surface area (Å²) in [7, 11) is -2.29. The van der Waals surface area contributed by atoms with Crippen LogP contribution < -0.4 is 15.4 Å². The molecule has 0 radical (unpaired) electrons. The van der Waals surface area contributed by atoms with Crippen LogP contribution in [0.1, 0.15) is 5.56 Å². The molecule has 0 amide bonds. The summed E-state index contributed by atoms with van der Waals surface area (Å²) in [6, 6.07) is 11.9. The molecule has 0 saturated carbocycles. The van der Waals surface area contributed by atoms with Crippen molar-refractivity contribution in [2.75, 3.05) is 17.7 Å². The van der Waals surface area contributed by atoms with Crippen LogP contribution in [0, 0.1) is 12.7 Å². The van der Waals surface area contributed by atoms with Crippen molar-refractivity contribution in [2.45, 2.75) is 11.8 Å². The molecule has 0 aliphatic carbocycles. The van der Waals surface area contributed by atoms with Gasteiger partial charge in [0.05, 0.1) is 17.3 Å². The highest BCUT2D eigenvalue weighted by Crippen LogP contribution is 2.25. The molecule has 0 saturated heterocycles. The minimum atomic E-state index is -3.63. The van der Waals surface area contributed by atoms with Gasteiger partial charge in [0.15, 0.2) is 23.8 Å². The second kappa shape index (κ2) is 8.73. The van der Waals surface area contributed by atoms with E-state index in [2.05, 4.69) is 30.3 Å². The molecule has 164 valence electrons. The average Bonchev–Trinajstić information content (AvgIpc) is 3.33. The van der Waals surface area contributed by atoms with E-state index in [9.17, 15) is 12.8 Å². The number of aromatic nitrogens is 3. The molecule has 3 N–H and O–H groups in total. The molecule has 0 aliphatic heterocycles. The lowest BCUT2D eigenvalue weighted by atomic mass is 10.2. The Kier molecular flexibility index (Phi) is 5.84. The predicted molar refractivity (Wildman–Crippen MR) is 118 cm³/mol. The fraction of sp³-hybridized carbons (Fsp3) is 0.0952. The van der Waals surface area contributed by atoms with Crippen molar-refractivity contribution < 1.29 is 17.2 Å². The highest BCUT2D eigenvalue weighted by molar-refractivity contribution is 7.89. The van der Waals surface area contributed by atoms with Gasteiger partial charge in [0.1, 0.15) is 0 Å². The Hall–Kier alpha value is -3.83. The number of anilines is 4. The Labute approximate surface area is 183 Å². The third-order valence-electron chi connectivity index (χ3n) is 4.61. The van der Waals surface area contributed by atoms with Crippen LogP contribution in [0.5, 0.6) is 0 Å². The molecule has 9 nitrogen and oxygen atoms in total. The highest BCUT2D eigenvalue weighted by Gasteiger charge is 2.16. The molecule has 4 aromatic rings. The second-order valence-electron chi connectivity index (χ2n) is 6.77. The van der Waals surface area contributed by atoms with Crippen LogP contribution in [0.15, 0.2) is 70.6 Å². The fourth-order valence-corrected chi connectivity index (χ4v) is 3.93. The van der Waals surface area contributed by atoms with E-state index in [1.165, 1.54) is 19.5 Å². The van der Waals surface area contributed by atoms with Crippen molar-refractivity contribution in [1.29, 1.82) is 0 Å². The normalized spacial score (nSPS) is 11.3. The smallest absolute Gasteiger partial charge is 0.240 e. The third-order valence-corrected chi connectivity index (χ3v) is 6.17. The number of nitrogens with zero attached hydrogens (tertiary/aromatic N) is 3. The van der Waals surface area contributed by atoms with Gasteiger partial charge in [0.2, 0.25) is 16.0 Å². The maximum absolute atomic E-state index is 14.3. The quantitative estimate of drug-likeness (QED) is 0.383. The Morgan fingerprint density at radius 1 is 1.00 bits per heavy atom. The van der Waals surface area contributed by atoms with Crippen molar-refractivity contribution in [3.63, 3.8) is 0 Å². The number of benzene rings is 2. The maximum Gasteiger partial charge on any atom is 0.240 e. The van der Waals surface area contributed by atoms with Crippen LogP contribution in [0.2, 0.25) is 0 Å². The van der Waals surface area contributed by atoms with E-state index in [4.69, 9.17) is 4.42 Å². The van der Waals surface area contributed by atoms with Crippen LogP contribution in [0.25, 0.3) is 11.3 Å². The van der Waals surface area contributed by atoms with Gasteiger partial charge in [-0.2, -0.15) is 4.98 Å². The summed E-state index contributed by atoms with van der Waals surface area (Å²) in [5, 5.41) is 5.81. The van der Waals surface area contributed by atoms with Gasteiger partial charge in [-0.05, 0) is 55.9 Å². The Morgan fingerprint density at radius 3 is 2.44 bits per heavy atom. The number of hydrogen-bond acceptors (Lipinski definition) is 8. The zero-order valence-electron chi connectivity index (χ0n) is 17.1. The molecule has 0 bridgehead atoms. The number of rotatable bonds is 7. The predicted octanol–water partition coefficient (Wildman–Crippen LogP) is 3.97. The summed E-state index contributed by atoms with van der Waals surface area (Å²) in [5.41, 5.74) is 2.46. The summed E-state index contributed by atoms with van der Waals surface area (Å²) >= 11 is 0. The number of nitrogens with one attached hydrogen (secondary N) is 3. The first-order valence-electron chi connectivity index (χ1n) is 9.45. The van der Waals surface area contributed by atoms with Crippen molar-refractivity contribution in [2.24, 2.45) is 0 Å². The lowest BCUT2D eigenvalue weighted by Crippen LogP contribution is -2.19. The van der Waals surface area contributed by atoms with Crippen LogP contribution in [0.3, 0.4) is 0 Å². The molecule has 0 aliphatic rings. The molecule has 0 fully saturated rings. The number of oxazole rings is 1. The molecule has 2 aromatic carbocycles. The summed E-state index contributed by atoms with van der Waals surface area (Å²) < 4.78 is 46.2. The topological polar surface area (TPSA) is 122 Å². The lowest BCUT2D eigenvalue weighted by Gasteiger charge is -2.12. The first-order chi connectivity index (χ1) is 15.4. The minimum Gasteiger partial charge on any atom is -0.444 e. The molecular formula is C21H19FN6O3S. The van der Waals surface area contributed by atoms with Gasteiger partial charge in [-0.1, -0.05) is 6.07 Å². The molecule has 0 unspecified atom stereocenters. The van der Waals surface area contributed by atoms with Gasteiger partial charge in [-0.25, -0.2) is 27.5 Å². The van der Waals surface area contributed by atoms with E-state index >= 15 is 0 Å². The third kappa shape index (κ3) is 4.58. The minimum absolute atomic E-state index is 0.0369. The molecule has 4 rings (SSSR count). The highest BCUT2D eigenvalue weighted by atomic mass is 32.2.